The first kappa shape index (κ1) is 18.9. The molecule has 1 aliphatic rings. The fourth-order valence-corrected chi connectivity index (χ4v) is 3.54. The zero-order chi connectivity index (χ0) is 15.1. The Hall–Kier alpha value is -1.41. The first-order chi connectivity index (χ1) is 10.7. The van der Waals surface area contributed by atoms with Crippen LogP contribution in [0.4, 0.5) is 0 Å². The summed E-state index contributed by atoms with van der Waals surface area (Å²) in [5, 5.41) is 11.3. The van der Waals surface area contributed by atoms with Crippen molar-refractivity contribution in [3.8, 4) is 11.5 Å². The van der Waals surface area contributed by atoms with E-state index in [0.29, 0.717) is 0 Å². The molecule has 0 bridgehead atoms. The summed E-state index contributed by atoms with van der Waals surface area (Å²) in [5.74, 6) is 0.903. The fourth-order valence-electron chi connectivity index (χ4n) is 2.84. The third-order valence-corrected chi connectivity index (χ3v) is 4.84. The molecule has 0 saturated carbocycles. The molecule has 0 amide bonds. The Morgan fingerprint density at radius 2 is 2.17 bits per heavy atom. The van der Waals surface area contributed by atoms with Crippen molar-refractivity contribution >= 4 is 36.2 Å². The number of halogens is 2. The van der Waals surface area contributed by atoms with Crippen LogP contribution >= 0.6 is 36.2 Å². The minimum Gasteiger partial charge on any atom is -0.321 e. The molecule has 0 aliphatic carbocycles. The van der Waals surface area contributed by atoms with Gasteiger partial charge in [-0.25, -0.2) is 9.97 Å². The number of imidazole rings is 1. The van der Waals surface area contributed by atoms with E-state index in [1.54, 1.807) is 11.3 Å². The second kappa shape index (κ2) is 7.65. The van der Waals surface area contributed by atoms with Gasteiger partial charge in [-0.2, -0.15) is 5.10 Å². The zero-order valence-corrected chi connectivity index (χ0v) is 15.9. The van der Waals surface area contributed by atoms with Crippen molar-refractivity contribution in [3.63, 3.8) is 0 Å². The highest BCUT2D eigenvalue weighted by Crippen LogP contribution is 2.26. The normalized spacial score (nSPS) is 14.4. The molecule has 0 fully saturated rings. The molecule has 9 heteroatoms. The first-order valence-corrected chi connectivity index (χ1v) is 8.33. The standard InChI is InChI=1S/C15H18N6S.2ClH/c1-10(14-9-22-11(2)18-14)20-5-4-17-15(20)13-7-12-8-16-3-6-21(12)19-13;;/h4-5,7,9-10,16H,3,6,8H2,1-2H3;2*1H. The Labute approximate surface area is 157 Å². The smallest absolute Gasteiger partial charge is 0.161 e. The summed E-state index contributed by atoms with van der Waals surface area (Å²) >= 11 is 1.68. The van der Waals surface area contributed by atoms with E-state index in [1.807, 2.05) is 19.3 Å². The van der Waals surface area contributed by atoms with Gasteiger partial charge in [0.05, 0.1) is 29.0 Å². The lowest BCUT2D eigenvalue weighted by atomic mass is 10.2. The van der Waals surface area contributed by atoms with Crippen LogP contribution in [0.5, 0.6) is 0 Å². The van der Waals surface area contributed by atoms with Crippen molar-refractivity contribution in [2.75, 3.05) is 6.54 Å². The SMILES string of the molecule is Cc1nc(C(C)n2ccnc2-c2cc3n(n2)CCNC3)cs1.Cl.Cl. The van der Waals surface area contributed by atoms with Crippen LogP contribution in [0.25, 0.3) is 11.5 Å². The number of rotatable bonds is 3. The predicted octanol–water partition coefficient (Wildman–Crippen LogP) is 3.07. The van der Waals surface area contributed by atoms with Gasteiger partial charge in [0, 0.05) is 30.9 Å². The zero-order valence-electron chi connectivity index (χ0n) is 13.5. The average molecular weight is 387 g/mol. The lowest BCUT2D eigenvalue weighted by Crippen LogP contribution is -2.28. The number of thiazole rings is 1. The van der Waals surface area contributed by atoms with Crippen LogP contribution in [-0.2, 0) is 13.1 Å². The van der Waals surface area contributed by atoms with Gasteiger partial charge in [-0.15, -0.1) is 36.2 Å². The molecule has 4 heterocycles. The number of fused-ring (bicyclic) bond motifs is 1. The summed E-state index contributed by atoms with van der Waals surface area (Å²) in [6, 6.07) is 2.28. The second-order valence-corrected chi connectivity index (χ2v) is 6.61. The summed E-state index contributed by atoms with van der Waals surface area (Å²) in [6.07, 6.45) is 3.84. The van der Waals surface area contributed by atoms with Gasteiger partial charge in [-0.05, 0) is 19.9 Å². The van der Waals surface area contributed by atoms with E-state index in [1.165, 1.54) is 5.69 Å². The maximum Gasteiger partial charge on any atom is 0.161 e. The van der Waals surface area contributed by atoms with Gasteiger partial charge in [0.15, 0.2) is 5.82 Å². The summed E-state index contributed by atoms with van der Waals surface area (Å²) < 4.78 is 4.22. The number of hydrogen-bond acceptors (Lipinski definition) is 5. The molecule has 0 saturated heterocycles. The van der Waals surface area contributed by atoms with Gasteiger partial charge in [-0.3, -0.25) is 4.68 Å². The molecule has 3 aromatic heterocycles. The van der Waals surface area contributed by atoms with Crippen LogP contribution in [-0.4, -0.2) is 30.9 Å². The molecule has 6 nitrogen and oxygen atoms in total. The van der Waals surface area contributed by atoms with Gasteiger partial charge in [0.1, 0.15) is 5.69 Å². The van der Waals surface area contributed by atoms with E-state index in [9.17, 15) is 0 Å². The van der Waals surface area contributed by atoms with E-state index < -0.39 is 0 Å². The van der Waals surface area contributed by atoms with Gasteiger partial charge >= 0.3 is 0 Å². The molecule has 1 atom stereocenters. The Morgan fingerprint density at radius 1 is 1.33 bits per heavy atom. The molecule has 3 aromatic rings. The predicted molar refractivity (Wildman–Crippen MR) is 100 cm³/mol. The minimum absolute atomic E-state index is 0. The van der Waals surface area contributed by atoms with Crippen LogP contribution in [0.15, 0.2) is 23.8 Å². The van der Waals surface area contributed by atoms with Crippen molar-refractivity contribution in [2.45, 2.75) is 33.0 Å². The second-order valence-electron chi connectivity index (χ2n) is 5.55. The Kier molecular flexibility index (Phi) is 6.03. The number of hydrogen-bond donors (Lipinski definition) is 1. The van der Waals surface area contributed by atoms with Gasteiger partial charge in [0.2, 0.25) is 0 Å². The molecule has 1 N–H and O–H groups in total. The number of nitrogens with one attached hydrogen (secondary N) is 1. The number of nitrogens with zero attached hydrogens (tertiary/aromatic N) is 5. The Bertz CT molecular complexity index is 785. The highest BCUT2D eigenvalue weighted by molar-refractivity contribution is 7.09. The average Bonchev–Trinajstić information content (AvgIpc) is 3.24. The van der Waals surface area contributed by atoms with E-state index in [-0.39, 0.29) is 30.9 Å². The van der Waals surface area contributed by atoms with Crippen LogP contribution in [0.2, 0.25) is 0 Å². The van der Waals surface area contributed by atoms with Crippen molar-refractivity contribution in [1.29, 1.82) is 0 Å². The third-order valence-electron chi connectivity index (χ3n) is 4.05. The molecule has 1 aliphatic heterocycles. The van der Waals surface area contributed by atoms with E-state index in [2.05, 4.69) is 42.9 Å². The quantitative estimate of drug-likeness (QED) is 0.751. The topological polar surface area (TPSA) is 60.6 Å². The molecule has 0 radical (unpaired) electrons. The molecular weight excluding hydrogens is 367 g/mol. The van der Waals surface area contributed by atoms with Crippen molar-refractivity contribution in [3.05, 3.63) is 40.2 Å². The van der Waals surface area contributed by atoms with Gasteiger partial charge in [0.25, 0.3) is 0 Å². The van der Waals surface area contributed by atoms with Crippen molar-refractivity contribution < 1.29 is 0 Å². The Balaban J connectivity index is 0.00000104. The monoisotopic (exact) mass is 386 g/mol. The van der Waals surface area contributed by atoms with Crippen LogP contribution < -0.4 is 5.32 Å². The Morgan fingerprint density at radius 3 is 2.88 bits per heavy atom. The summed E-state index contributed by atoms with van der Waals surface area (Å²) in [5.41, 5.74) is 3.22. The van der Waals surface area contributed by atoms with Crippen LogP contribution in [0.1, 0.15) is 29.4 Å². The fraction of sp³-hybridized carbons (Fsp3) is 0.400. The molecule has 1 unspecified atom stereocenters. The highest BCUT2D eigenvalue weighted by atomic mass is 35.5. The maximum atomic E-state index is 4.71. The number of aryl methyl sites for hydroxylation is 1. The summed E-state index contributed by atoms with van der Waals surface area (Å²) in [6.45, 7) is 6.94. The van der Waals surface area contributed by atoms with Gasteiger partial charge in [-0.1, -0.05) is 0 Å². The van der Waals surface area contributed by atoms with E-state index >= 15 is 0 Å². The van der Waals surface area contributed by atoms with E-state index in [0.717, 1.165) is 41.9 Å². The molecule has 0 aromatic carbocycles. The first-order valence-electron chi connectivity index (χ1n) is 7.45. The molecule has 130 valence electrons. The van der Waals surface area contributed by atoms with E-state index in [4.69, 9.17) is 5.10 Å². The lowest BCUT2D eigenvalue weighted by molar-refractivity contribution is 0.476. The van der Waals surface area contributed by atoms with Crippen LogP contribution in [0.3, 0.4) is 0 Å². The third kappa shape index (κ3) is 3.35. The largest absolute Gasteiger partial charge is 0.321 e. The van der Waals surface area contributed by atoms with Crippen LogP contribution in [0, 0.1) is 6.92 Å². The molecule has 4 rings (SSSR count). The highest BCUT2D eigenvalue weighted by Gasteiger charge is 2.19. The van der Waals surface area contributed by atoms with Crippen molar-refractivity contribution in [2.24, 2.45) is 0 Å². The van der Waals surface area contributed by atoms with Crippen molar-refractivity contribution in [1.82, 2.24) is 29.6 Å². The van der Waals surface area contributed by atoms with Gasteiger partial charge < -0.3 is 9.88 Å². The molecule has 24 heavy (non-hydrogen) atoms. The lowest BCUT2D eigenvalue weighted by Gasteiger charge is -2.14. The summed E-state index contributed by atoms with van der Waals surface area (Å²) in [4.78, 5) is 9.13. The minimum atomic E-state index is 0. The molecule has 0 spiro atoms. The maximum absolute atomic E-state index is 4.71. The summed E-state index contributed by atoms with van der Waals surface area (Å²) in [7, 11) is 0. The number of aromatic nitrogens is 5. The molecular formula is C15H20Cl2N6S.